The molecule has 0 radical (unpaired) electrons. The van der Waals surface area contributed by atoms with Crippen LogP contribution in [0, 0.1) is 0 Å². The number of H-pyrrole nitrogens is 1. The van der Waals surface area contributed by atoms with Crippen LogP contribution in [0.15, 0.2) is 64.2 Å². The molecule has 1 aliphatic rings. The molecule has 0 saturated carbocycles. The molecule has 1 saturated heterocycles. The van der Waals surface area contributed by atoms with E-state index < -0.39 is 11.2 Å². The van der Waals surface area contributed by atoms with Crippen LogP contribution in [0.4, 0.5) is 0 Å². The topological polar surface area (TPSA) is 104 Å². The van der Waals surface area contributed by atoms with E-state index in [9.17, 15) is 19.2 Å². The molecule has 2 N–H and O–H groups in total. The number of benzene rings is 2. The number of carbonyl (C=O) groups excluding carboxylic acids is 2. The number of aromatic amines is 1. The summed E-state index contributed by atoms with van der Waals surface area (Å²) in [7, 11) is 0. The molecule has 8 nitrogen and oxygen atoms in total. The second kappa shape index (κ2) is 8.99. The molecular weight excluding hydrogens is 396 g/mol. The Balaban J connectivity index is 1.33. The highest BCUT2D eigenvalue weighted by atomic mass is 16.2. The first-order chi connectivity index (χ1) is 15.0. The quantitative estimate of drug-likeness (QED) is 0.653. The number of piperidine rings is 1. The Morgan fingerprint density at radius 2 is 1.65 bits per heavy atom. The van der Waals surface area contributed by atoms with Crippen LogP contribution < -0.4 is 16.6 Å². The van der Waals surface area contributed by atoms with Gasteiger partial charge in [0.05, 0.1) is 10.9 Å². The molecule has 1 aliphatic heterocycles. The van der Waals surface area contributed by atoms with Crippen molar-refractivity contribution in [3.63, 3.8) is 0 Å². The van der Waals surface area contributed by atoms with E-state index in [0.29, 0.717) is 42.4 Å². The van der Waals surface area contributed by atoms with E-state index in [0.717, 1.165) is 0 Å². The maximum atomic E-state index is 12.7. The number of aryl methyl sites for hydroxylation is 1. The van der Waals surface area contributed by atoms with E-state index >= 15 is 0 Å². The van der Waals surface area contributed by atoms with Crippen LogP contribution in [0.5, 0.6) is 0 Å². The van der Waals surface area contributed by atoms with Crippen LogP contribution in [0.1, 0.15) is 29.6 Å². The van der Waals surface area contributed by atoms with Gasteiger partial charge in [-0.2, -0.15) is 0 Å². The van der Waals surface area contributed by atoms with Gasteiger partial charge in [-0.05, 0) is 37.1 Å². The van der Waals surface area contributed by atoms with Gasteiger partial charge >= 0.3 is 5.69 Å². The third-order valence-electron chi connectivity index (χ3n) is 5.67. The Labute approximate surface area is 178 Å². The number of para-hydroxylation sites is 1. The maximum Gasteiger partial charge on any atom is 0.328 e. The van der Waals surface area contributed by atoms with Gasteiger partial charge in [0.2, 0.25) is 5.91 Å². The standard InChI is InChI=1S/C23H24N4O4/c28-20(12-15-27-19-9-5-4-8-18(19)22(30)25-23(27)31)26-13-10-17(11-14-26)24-21(29)16-6-2-1-3-7-16/h1-9,17H,10-15H2,(H,24,29)(H,25,30,31). The SMILES string of the molecule is O=C(NC1CCN(C(=O)CCn2c(=O)[nH]c(=O)c3ccccc32)CC1)c1ccccc1. The fourth-order valence-corrected chi connectivity index (χ4v) is 3.96. The number of fused-ring (bicyclic) bond motifs is 1. The van der Waals surface area contributed by atoms with Crippen molar-refractivity contribution < 1.29 is 9.59 Å². The zero-order valence-corrected chi connectivity index (χ0v) is 17.0. The molecule has 0 bridgehead atoms. The first-order valence-corrected chi connectivity index (χ1v) is 10.4. The van der Waals surface area contributed by atoms with Crippen molar-refractivity contribution in [1.29, 1.82) is 0 Å². The van der Waals surface area contributed by atoms with Crippen molar-refractivity contribution >= 4 is 22.7 Å². The lowest BCUT2D eigenvalue weighted by Gasteiger charge is -2.32. The van der Waals surface area contributed by atoms with Gasteiger partial charge in [-0.1, -0.05) is 30.3 Å². The Morgan fingerprint density at radius 1 is 0.968 bits per heavy atom. The summed E-state index contributed by atoms with van der Waals surface area (Å²) in [5.74, 6) is -0.148. The normalized spacial score (nSPS) is 14.5. The smallest absolute Gasteiger partial charge is 0.328 e. The third-order valence-corrected chi connectivity index (χ3v) is 5.67. The lowest BCUT2D eigenvalue weighted by molar-refractivity contribution is -0.132. The van der Waals surface area contributed by atoms with Gasteiger partial charge in [0.1, 0.15) is 0 Å². The molecule has 2 amide bonds. The van der Waals surface area contributed by atoms with Crippen LogP contribution in [0.3, 0.4) is 0 Å². The summed E-state index contributed by atoms with van der Waals surface area (Å²) in [5, 5.41) is 3.45. The van der Waals surface area contributed by atoms with Gasteiger partial charge in [-0.15, -0.1) is 0 Å². The summed E-state index contributed by atoms with van der Waals surface area (Å²) in [4.78, 5) is 53.3. The van der Waals surface area contributed by atoms with Crippen LogP contribution in [-0.2, 0) is 11.3 Å². The molecule has 4 rings (SSSR count). The molecule has 0 aliphatic carbocycles. The highest BCUT2D eigenvalue weighted by Gasteiger charge is 2.24. The minimum Gasteiger partial charge on any atom is -0.349 e. The Bertz CT molecular complexity index is 1210. The van der Waals surface area contributed by atoms with Crippen molar-refractivity contribution in [3.8, 4) is 0 Å². The Hall–Kier alpha value is -3.68. The molecule has 160 valence electrons. The van der Waals surface area contributed by atoms with E-state index in [1.165, 1.54) is 4.57 Å². The van der Waals surface area contributed by atoms with E-state index in [-0.39, 0.29) is 30.8 Å². The van der Waals surface area contributed by atoms with Gasteiger partial charge in [-0.3, -0.25) is 23.9 Å². The zero-order valence-electron chi connectivity index (χ0n) is 17.0. The van der Waals surface area contributed by atoms with Gasteiger partial charge in [0.15, 0.2) is 0 Å². The van der Waals surface area contributed by atoms with E-state index in [1.54, 1.807) is 41.3 Å². The van der Waals surface area contributed by atoms with Gasteiger partial charge in [-0.25, -0.2) is 4.79 Å². The lowest BCUT2D eigenvalue weighted by Crippen LogP contribution is -2.46. The fraction of sp³-hybridized carbons (Fsp3) is 0.304. The number of amides is 2. The van der Waals surface area contributed by atoms with E-state index in [1.807, 2.05) is 18.2 Å². The zero-order chi connectivity index (χ0) is 21.8. The monoisotopic (exact) mass is 420 g/mol. The predicted octanol–water partition coefficient (Wildman–Crippen LogP) is 1.50. The largest absolute Gasteiger partial charge is 0.349 e. The highest BCUT2D eigenvalue weighted by molar-refractivity contribution is 5.94. The molecule has 0 spiro atoms. The number of hydrogen-bond donors (Lipinski definition) is 2. The molecule has 8 heteroatoms. The molecule has 1 fully saturated rings. The molecule has 0 atom stereocenters. The van der Waals surface area contributed by atoms with Crippen molar-refractivity contribution in [3.05, 3.63) is 81.0 Å². The van der Waals surface area contributed by atoms with Gasteiger partial charge in [0.25, 0.3) is 11.5 Å². The van der Waals surface area contributed by atoms with Crippen LogP contribution in [0.25, 0.3) is 10.9 Å². The van der Waals surface area contributed by atoms with Crippen LogP contribution >= 0.6 is 0 Å². The minimum absolute atomic E-state index is 0.0301. The lowest BCUT2D eigenvalue weighted by atomic mass is 10.0. The molecule has 1 aromatic heterocycles. The predicted molar refractivity (Wildman–Crippen MR) is 117 cm³/mol. The summed E-state index contributed by atoms with van der Waals surface area (Å²) in [6, 6.07) is 15.9. The number of nitrogens with zero attached hydrogens (tertiary/aromatic N) is 2. The summed E-state index contributed by atoms with van der Waals surface area (Å²) in [6.07, 6.45) is 1.54. The molecular formula is C23H24N4O4. The van der Waals surface area contributed by atoms with Crippen LogP contribution in [0.2, 0.25) is 0 Å². The van der Waals surface area contributed by atoms with Crippen molar-refractivity contribution in [1.82, 2.24) is 19.8 Å². The third kappa shape index (κ3) is 4.58. The van der Waals surface area contributed by atoms with Crippen LogP contribution in [-0.4, -0.2) is 45.4 Å². The highest BCUT2D eigenvalue weighted by Crippen LogP contribution is 2.14. The van der Waals surface area contributed by atoms with Crippen molar-refractivity contribution in [2.24, 2.45) is 0 Å². The molecule has 0 unspecified atom stereocenters. The fourth-order valence-electron chi connectivity index (χ4n) is 3.96. The number of aromatic nitrogens is 2. The number of likely N-dealkylation sites (tertiary alicyclic amines) is 1. The number of hydrogen-bond acceptors (Lipinski definition) is 4. The van der Waals surface area contributed by atoms with E-state index in [2.05, 4.69) is 10.3 Å². The van der Waals surface area contributed by atoms with Crippen molar-refractivity contribution in [2.75, 3.05) is 13.1 Å². The van der Waals surface area contributed by atoms with Gasteiger partial charge < -0.3 is 10.2 Å². The number of rotatable bonds is 5. The molecule has 2 heterocycles. The summed E-state index contributed by atoms with van der Waals surface area (Å²) < 4.78 is 1.43. The Kier molecular flexibility index (Phi) is 5.97. The molecule has 31 heavy (non-hydrogen) atoms. The number of carbonyl (C=O) groups is 2. The van der Waals surface area contributed by atoms with Gasteiger partial charge in [0, 0.05) is 37.7 Å². The second-order valence-corrected chi connectivity index (χ2v) is 7.67. The first kappa shape index (κ1) is 20.6. The first-order valence-electron chi connectivity index (χ1n) is 10.4. The molecule has 2 aromatic carbocycles. The second-order valence-electron chi connectivity index (χ2n) is 7.67. The Morgan fingerprint density at radius 3 is 2.39 bits per heavy atom. The summed E-state index contributed by atoms with van der Waals surface area (Å²) >= 11 is 0. The average molecular weight is 420 g/mol. The number of nitrogens with one attached hydrogen (secondary N) is 2. The average Bonchev–Trinajstić information content (AvgIpc) is 2.80. The van der Waals surface area contributed by atoms with E-state index in [4.69, 9.17) is 0 Å². The summed E-state index contributed by atoms with van der Waals surface area (Å²) in [5.41, 5.74) is 0.201. The summed E-state index contributed by atoms with van der Waals surface area (Å²) in [6.45, 7) is 1.30. The minimum atomic E-state index is -0.515. The molecule has 3 aromatic rings. The van der Waals surface area contributed by atoms with Crippen molar-refractivity contribution in [2.45, 2.75) is 31.8 Å². The maximum absolute atomic E-state index is 12.7.